The molecule has 1 fully saturated rings. The molecule has 1 atom stereocenters. The van der Waals surface area contributed by atoms with Gasteiger partial charge in [-0.1, -0.05) is 24.6 Å². The molecule has 1 unspecified atom stereocenters. The minimum atomic E-state index is -3.15. The first kappa shape index (κ1) is 18.4. The number of sulfonamides is 1. The van der Waals surface area contributed by atoms with E-state index < -0.39 is 10.0 Å². The number of para-hydroxylation sites is 1. The number of unbranched alkanes of at least 4 members (excludes halogenated alkanes) is 1. The van der Waals surface area contributed by atoms with Gasteiger partial charge >= 0.3 is 0 Å². The molecule has 2 aliphatic rings. The van der Waals surface area contributed by atoms with Crippen LogP contribution in [0.2, 0.25) is 0 Å². The summed E-state index contributed by atoms with van der Waals surface area (Å²) in [6, 6.07) is 8.22. The SMILES string of the molecule is CC1Cc2ccccc2N1C(=O)CCCCS(=O)(=O)N1CCCCC1. The average Bonchev–Trinajstić information content (AvgIpc) is 2.95. The largest absolute Gasteiger partial charge is 0.309 e. The average molecular weight is 365 g/mol. The number of benzene rings is 1. The van der Waals surface area contributed by atoms with E-state index in [-0.39, 0.29) is 17.7 Å². The molecule has 6 heteroatoms. The molecule has 138 valence electrons. The van der Waals surface area contributed by atoms with Gasteiger partial charge in [0.2, 0.25) is 15.9 Å². The molecular formula is C19H28N2O3S. The normalized spacial score (nSPS) is 21.3. The van der Waals surface area contributed by atoms with Crippen LogP contribution in [0.15, 0.2) is 24.3 Å². The molecule has 25 heavy (non-hydrogen) atoms. The van der Waals surface area contributed by atoms with Gasteiger partial charge in [0.15, 0.2) is 0 Å². The summed E-state index contributed by atoms with van der Waals surface area (Å²) in [4.78, 5) is 14.5. The summed E-state index contributed by atoms with van der Waals surface area (Å²) in [5, 5.41) is 0. The van der Waals surface area contributed by atoms with Crippen molar-refractivity contribution in [2.45, 2.75) is 57.9 Å². The lowest BCUT2D eigenvalue weighted by molar-refractivity contribution is -0.119. The second-order valence-corrected chi connectivity index (χ2v) is 9.27. The number of fused-ring (bicyclic) bond motifs is 1. The number of carbonyl (C=O) groups excluding carboxylic acids is 1. The molecule has 0 aliphatic carbocycles. The van der Waals surface area contributed by atoms with E-state index in [0.717, 1.165) is 31.4 Å². The molecular weight excluding hydrogens is 336 g/mol. The summed E-state index contributed by atoms with van der Waals surface area (Å²) >= 11 is 0. The minimum Gasteiger partial charge on any atom is -0.309 e. The maximum atomic E-state index is 12.6. The number of anilines is 1. The lowest BCUT2D eigenvalue weighted by atomic mass is 10.1. The van der Waals surface area contributed by atoms with Crippen LogP contribution in [0.5, 0.6) is 0 Å². The van der Waals surface area contributed by atoms with E-state index in [0.29, 0.717) is 32.4 Å². The van der Waals surface area contributed by atoms with Crippen molar-refractivity contribution in [2.75, 3.05) is 23.7 Å². The van der Waals surface area contributed by atoms with Crippen molar-refractivity contribution in [3.63, 3.8) is 0 Å². The molecule has 3 rings (SSSR count). The Morgan fingerprint density at radius 2 is 1.84 bits per heavy atom. The predicted octanol–water partition coefficient (Wildman–Crippen LogP) is 2.95. The highest BCUT2D eigenvalue weighted by Gasteiger charge is 2.30. The molecule has 0 bridgehead atoms. The minimum absolute atomic E-state index is 0.104. The molecule has 0 N–H and O–H groups in total. The van der Waals surface area contributed by atoms with E-state index in [1.165, 1.54) is 5.56 Å². The van der Waals surface area contributed by atoms with E-state index in [2.05, 4.69) is 13.0 Å². The summed E-state index contributed by atoms with van der Waals surface area (Å²) in [5.74, 6) is 0.264. The van der Waals surface area contributed by atoms with Gasteiger partial charge in [0.25, 0.3) is 0 Å². The summed E-state index contributed by atoms with van der Waals surface area (Å²) in [7, 11) is -3.15. The van der Waals surface area contributed by atoms with E-state index in [4.69, 9.17) is 0 Å². The van der Waals surface area contributed by atoms with Crippen LogP contribution >= 0.6 is 0 Å². The quantitative estimate of drug-likeness (QED) is 0.729. The van der Waals surface area contributed by atoms with Crippen LogP contribution in [0, 0.1) is 0 Å². The highest BCUT2D eigenvalue weighted by Crippen LogP contribution is 2.32. The molecule has 2 aliphatic heterocycles. The molecule has 0 spiro atoms. The maximum absolute atomic E-state index is 12.6. The van der Waals surface area contributed by atoms with Crippen molar-refractivity contribution in [3.8, 4) is 0 Å². The number of carbonyl (C=O) groups is 1. The van der Waals surface area contributed by atoms with E-state index in [1.54, 1.807) is 4.31 Å². The Bertz CT molecular complexity index is 711. The van der Waals surface area contributed by atoms with Crippen LogP contribution < -0.4 is 4.90 Å². The first-order valence-corrected chi connectivity index (χ1v) is 11.0. The highest BCUT2D eigenvalue weighted by atomic mass is 32.2. The summed E-state index contributed by atoms with van der Waals surface area (Å²) in [5.41, 5.74) is 2.23. The molecule has 2 heterocycles. The van der Waals surface area contributed by atoms with Gasteiger partial charge in [-0.15, -0.1) is 0 Å². The van der Waals surface area contributed by atoms with Crippen LogP contribution in [0.25, 0.3) is 0 Å². The zero-order valence-corrected chi connectivity index (χ0v) is 15.8. The van der Waals surface area contributed by atoms with E-state index >= 15 is 0 Å². The van der Waals surface area contributed by atoms with Gasteiger partial charge in [0.1, 0.15) is 0 Å². The van der Waals surface area contributed by atoms with Crippen molar-refractivity contribution >= 4 is 21.6 Å². The van der Waals surface area contributed by atoms with Crippen LogP contribution in [-0.2, 0) is 21.2 Å². The molecule has 0 saturated carbocycles. The molecule has 0 radical (unpaired) electrons. The number of nitrogens with zero attached hydrogens (tertiary/aromatic N) is 2. The van der Waals surface area contributed by atoms with Crippen molar-refractivity contribution in [1.82, 2.24) is 4.31 Å². The Morgan fingerprint density at radius 3 is 2.60 bits per heavy atom. The van der Waals surface area contributed by atoms with E-state index in [1.807, 2.05) is 23.1 Å². The first-order chi connectivity index (χ1) is 12.0. The molecule has 1 aromatic carbocycles. The monoisotopic (exact) mass is 364 g/mol. The zero-order valence-electron chi connectivity index (χ0n) is 15.0. The van der Waals surface area contributed by atoms with E-state index in [9.17, 15) is 13.2 Å². The van der Waals surface area contributed by atoms with Gasteiger partial charge < -0.3 is 4.90 Å². The molecule has 0 aromatic heterocycles. The van der Waals surface area contributed by atoms with Crippen molar-refractivity contribution < 1.29 is 13.2 Å². The zero-order chi connectivity index (χ0) is 17.9. The Balaban J connectivity index is 1.48. The van der Waals surface area contributed by atoms with Gasteiger partial charge in [0, 0.05) is 31.2 Å². The highest BCUT2D eigenvalue weighted by molar-refractivity contribution is 7.89. The summed E-state index contributed by atoms with van der Waals surface area (Å²) in [6.07, 6.45) is 5.52. The lowest BCUT2D eigenvalue weighted by Crippen LogP contribution is -2.37. The van der Waals surface area contributed by atoms with Crippen LogP contribution in [0.1, 0.15) is 51.0 Å². The van der Waals surface area contributed by atoms with Crippen LogP contribution in [-0.4, -0.2) is 43.5 Å². The number of piperidine rings is 1. The Labute approximate surface area is 151 Å². The van der Waals surface area contributed by atoms with Crippen LogP contribution in [0.4, 0.5) is 5.69 Å². The smallest absolute Gasteiger partial charge is 0.227 e. The van der Waals surface area contributed by atoms with Crippen LogP contribution in [0.3, 0.4) is 0 Å². The molecule has 1 aromatic rings. The second-order valence-electron chi connectivity index (χ2n) is 7.18. The van der Waals surface area contributed by atoms with Gasteiger partial charge in [0.05, 0.1) is 5.75 Å². The van der Waals surface area contributed by atoms with Gasteiger partial charge in [-0.2, -0.15) is 0 Å². The maximum Gasteiger partial charge on any atom is 0.227 e. The number of hydrogen-bond acceptors (Lipinski definition) is 3. The third kappa shape index (κ3) is 4.23. The topological polar surface area (TPSA) is 57.7 Å². The van der Waals surface area contributed by atoms with Crippen molar-refractivity contribution in [2.24, 2.45) is 0 Å². The summed E-state index contributed by atoms with van der Waals surface area (Å²) < 4.78 is 26.3. The first-order valence-electron chi connectivity index (χ1n) is 9.37. The lowest BCUT2D eigenvalue weighted by Gasteiger charge is -2.26. The Morgan fingerprint density at radius 1 is 1.12 bits per heavy atom. The third-order valence-electron chi connectivity index (χ3n) is 5.23. The second kappa shape index (κ2) is 7.87. The molecule has 1 amide bonds. The predicted molar refractivity (Wildman–Crippen MR) is 100 cm³/mol. The fraction of sp³-hybridized carbons (Fsp3) is 0.632. The third-order valence-corrected chi connectivity index (χ3v) is 7.18. The molecule has 5 nitrogen and oxygen atoms in total. The molecule has 1 saturated heterocycles. The van der Waals surface area contributed by atoms with Crippen molar-refractivity contribution in [1.29, 1.82) is 0 Å². The van der Waals surface area contributed by atoms with Gasteiger partial charge in [-0.25, -0.2) is 12.7 Å². The Kier molecular flexibility index (Phi) is 5.79. The van der Waals surface area contributed by atoms with Gasteiger partial charge in [-0.05, 0) is 50.7 Å². The number of hydrogen-bond donors (Lipinski definition) is 0. The number of amides is 1. The fourth-order valence-electron chi connectivity index (χ4n) is 3.90. The Hall–Kier alpha value is -1.40. The summed E-state index contributed by atoms with van der Waals surface area (Å²) in [6.45, 7) is 3.38. The standard InChI is InChI=1S/C19H28N2O3S/c1-16-15-17-9-3-4-10-18(17)21(16)19(22)11-5-8-14-25(23,24)20-12-6-2-7-13-20/h3-4,9-10,16H,2,5-8,11-15H2,1H3. The van der Waals surface area contributed by atoms with Crippen molar-refractivity contribution in [3.05, 3.63) is 29.8 Å². The van der Waals surface area contributed by atoms with Gasteiger partial charge in [-0.3, -0.25) is 4.79 Å². The fourth-order valence-corrected chi connectivity index (χ4v) is 5.54. The number of rotatable bonds is 6.